The van der Waals surface area contributed by atoms with Gasteiger partial charge in [-0.05, 0) is 36.6 Å². The van der Waals surface area contributed by atoms with Crippen LogP contribution in [0.3, 0.4) is 0 Å². The molecule has 1 aromatic carbocycles. The molecule has 1 heterocycles. The number of aryl methyl sites for hydroxylation is 2. The van der Waals surface area contributed by atoms with Crippen LogP contribution in [0, 0.1) is 5.82 Å². The van der Waals surface area contributed by atoms with Gasteiger partial charge in [0.25, 0.3) is 0 Å². The van der Waals surface area contributed by atoms with Crippen molar-refractivity contribution >= 4 is 5.97 Å². The number of carboxylic acids is 1. The van der Waals surface area contributed by atoms with Crippen LogP contribution in [0.15, 0.2) is 36.5 Å². The molecule has 0 aliphatic rings. The van der Waals surface area contributed by atoms with Crippen LogP contribution < -0.4 is 0 Å². The first-order chi connectivity index (χ1) is 9.06. The first kappa shape index (κ1) is 13.0. The smallest absolute Gasteiger partial charge is 0.339 e. The number of benzene rings is 1. The van der Waals surface area contributed by atoms with Crippen molar-refractivity contribution in [2.75, 3.05) is 0 Å². The molecule has 2 aromatic rings. The van der Waals surface area contributed by atoms with Gasteiger partial charge in [-0.15, -0.1) is 0 Å². The number of halogens is 1. The number of carbonyl (C=O) groups is 1. The predicted molar refractivity (Wildman–Crippen MR) is 66.7 cm³/mol. The zero-order valence-electron chi connectivity index (χ0n) is 10.0. The molecule has 19 heavy (non-hydrogen) atoms. The van der Waals surface area contributed by atoms with Crippen molar-refractivity contribution in [1.82, 2.24) is 4.98 Å². The van der Waals surface area contributed by atoms with E-state index in [0.717, 1.165) is 11.8 Å². The van der Waals surface area contributed by atoms with Crippen molar-refractivity contribution in [2.45, 2.75) is 12.8 Å². The lowest BCUT2D eigenvalue weighted by Crippen LogP contribution is -2.01. The maximum absolute atomic E-state index is 12.7. The molecule has 1 aromatic heterocycles. The Labute approximate surface area is 109 Å². The average molecular weight is 261 g/mol. The molecule has 2 rings (SSSR count). The standard InChI is InChI=1S/C14H12FNO3/c15-10-4-1-9(2-5-10)3-6-11-7-12(14(18)19)13(17)8-16-11/h1-2,4-5,7-8,17H,3,6H2,(H,18,19). The number of aromatic hydroxyl groups is 1. The molecule has 98 valence electrons. The third-order valence-corrected chi connectivity index (χ3v) is 2.75. The van der Waals surface area contributed by atoms with Gasteiger partial charge in [-0.1, -0.05) is 12.1 Å². The van der Waals surface area contributed by atoms with Crippen molar-refractivity contribution in [2.24, 2.45) is 0 Å². The Morgan fingerprint density at radius 1 is 1.21 bits per heavy atom. The molecular formula is C14H12FNO3. The maximum Gasteiger partial charge on any atom is 0.339 e. The number of rotatable bonds is 4. The largest absolute Gasteiger partial charge is 0.505 e. The van der Waals surface area contributed by atoms with E-state index in [1.807, 2.05) is 0 Å². The molecule has 0 unspecified atom stereocenters. The summed E-state index contributed by atoms with van der Waals surface area (Å²) in [5.74, 6) is -1.83. The summed E-state index contributed by atoms with van der Waals surface area (Å²) in [5.41, 5.74) is 1.34. The summed E-state index contributed by atoms with van der Waals surface area (Å²) in [5, 5.41) is 18.2. The Hall–Kier alpha value is -2.43. The van der Waals surface area contributed by atoms with E-state index in [1.54, 1.807) is 12.1 Å². The fraction of sp³-hybridized carbons (Fsp3) is 0.143. The summed E-state index contributed by atoms with van der Waals surface area (Å²) in [4.78, 5) is 14.8. The van der Waals surface area contributed by atoms with Crippen LogP contribution in [0.1, 0.15) is 21.6 Å². The predicted octanol–water partition coefficient (Wildman–Crippen LogP) is 2.41. The summed E-state index contributed by atoms with van der Waals surface area (Å²) in [7, 11) is 0. The third-order valence-electron chi connectivity index (χ3n) is 2.75. The Balaban J connectivity index is 2.09. The first-order valence-electron chi connectivity index (χ1n) is 5.72. The van der Waals surface area contributed by atoms with Crippen LogP contribution in [-0.2, 0) is 12.8 Å². The van der Waals surface area contributed by atoms with Crippen molar-refractivity contribution in [3.8, 4) is 5.75 Å². The van der Waals surface area contributed by atoms with E-state index in [2.05, 4.69) is 4.98 Å². The minimum atomic E-state index is -1.19. The monoisotopic (exact) mass is 261 g/mol. The van der Waals surface area contributed by atoms with E-state index in [-0.39, 0.29) is 17.1 Å². The number of carboxylic acid groups (broad SMARTS) is 1. The second kappa shape index (κ2) is 5.48. The molecule has 0 amide bonds. The first-order valence-corrected chi connectivity index (χ1v) is 5.72. The third kappa shape index (κ3) is 3.28. The van der Waals surface area contributed by atoms with Gasteiger partial charge < -0.3 is 10.2 Å². The van der Waals surface area contributed by atoms with Crippen molar-refractivity contribution in [1.29, 1.82) is 0 Å². The molecule has 0 aliphatic carbocycles. The summed E-state index contributed by atoms with van der Waals surface area (Å²) in [6.07, 6.45) is 2.27. The van der Waals surface area contributed by atoms with Gasteiger partial charge in [-0.2, -0.15) is 0 Å². The van der Waals surface area contributed by atoms with E-state index >= 15 is 0 Å². The van der Waals surface area contributed by atoms with Crippen molar-refractivity contribution < 1.29 is 19.4 Å². The lowest BCUT2D eigenvalue weighted by Gasteiger charge is -2.04. The second-order valence-corrected chi connectivity index (χ2v) is 4.12. The summed E-state index contributed by atoms with van der Waals surface area (Å²) in [6, 6.07) is 7.45. The molecule has 4 nitrogen and oxygen atoms in total. The molecule has 0 saturated carbocycles. The SMILES string of the molecule is O=C(O)c1cc(CCc2ccc(F)cc2)ncc1O. The van der Waals surface area contributed by atoms with Crippen LogP contribution in [0.25, 0.3) is 0 Å². The lowest BCUT2D eigenvalue weighted by molar-refractivity contribution is 0.0693. The minimum absolute atomic E-state index is 0.163. The molecule has 0 aliphatic heterocycles. The summed E-state index contributed by atoms with van der Waals surface area (Å²) >= 11 is 0. The van der Waals surface area contributed by atoms with E-state index < -0.39 is 5.97 Å². The molecule has 0 bridgehead atoms. The normalized spacial score (nSPS) is 10.4. The highest BCUT2D eigenvalue weighted by molar-refractivity contribution is 5.90. The second-order valence-electron chi connectivity index (χ2n) is 4.12. The number of nitrogens with zero attached hydrogens (tertiary/aromatic N) is 1. The van der Waals surface area contributed by atoms with Crippen LogP contribution in [0.2, 0.25) is 0 Å². The van der Waals surface area contributed by atoms with Crippen molar-refractivity contribution in [3.05, 3.63) is 59.2 Å². The van der Waals surface area contributed by atoms with Crippen LogP contribution >= 0.6 is 0 Å². The number of hydrogen-bond donors (Lipinski definition) is 2. The zero-order valence-corrected chi connectivity index (χ0v) is 10.0. The zero-order chi connectivity index (χ0) is 13.8. The highest BCUT2D eigenvalue weighted by atomic mass is 19.1. The molecule has 5 heteroatoms. The Morgan fingerprint density at radius 3 is 2.53 bits per heavy atom. The van der Waals surface area contributed by atoms with Gasteiger partial charge in [-0.3, -0.25) is 4.98 Å². The van der Waals surface area contributed by atoms with Crippen LogP contribution in [-0.4, -0.2) is 21.2 Å². The Bertz CT molecular complexity index is 596. The van der Waals surface area contributed by atoms with E-state index in [1.165, 1.54) is 18.2 Å². The van der Waals surface area contributed by atoms with Gasteiger partial charge in [0.05, 0.1) is 6.20 Å². The molecule has 0 atom stereocenters. The quantitative estimate of drug-likeness (QED) is 0.886. The van der Waals surface area contributed by atoms with Gasteiger partial charge in [0.2, 0.25) is 0 Å². The van der Waals surface area contributed by atoms with E-state index in [9.17, 15) is 14.3 Å². The van der Waals surface area contributed by atoms with Gasteiger partial charge in [0, 0.05) is 5.69 Å². The van der Waals surface area contributed by atoms with Crippen LogP contribution in [0.4, 0.5) is 4.39 Å². The van der Waals surface area contributed by atoms with E-state index in [4.69, 9.17) is 5.11 Å². The molecule has 2 N–H and O–H groups in total. The fourth-order valence-corrected chi connectivity index (χ4v) is 1.72. The van der Waals surface area contributed by atoms with Gasteiger partial charge in [-0.25, -0.2) is 9.18 Å². The van der Waals surface area contributed by atoms with Crippen molar-refractivity contribution in [3.63, 3.8) is 0 Å². The molecule has 0 spiro atoms. The Kier molecular flexibility index (Phi) is 3.75. The molecule has 0 fully saturated rings. The van der Waals surface area contributed by atoms with Crippen LogP contribution in [0.5, 0.6) is 5.75 Å². The minimum Gasteiger partial charge on any atom is -0.505 e. The number of hydrogen-bond acceptors (Lipinski definition) is 3. The number of aromatic nitrogens is 1. The molecular weight excluding hydrogens is 249 g/mol. The highest BCUT2D eigenvalue weighted by Gasteiger charge is 2.11. The number of pyridine rings is 1. The van der Waals surface area contributed by atoms with Gasteiger partial charge in [0.15, 0.2) is 0 Å². The lowest BCUT2D eigenvalue weighted by atomic mass is 10.1. The fourth-order valence-electron chi connectivity index (χ4n) is 1.72. The summed E-state index contributed by atoms with van der Waals surface area (Å²) in [6.45, 7) is 0. The summed E-state index contributed by atoms with van der Waals surface area (Å²) < 4.78 is 12.7. The van der Waals surface area contributed by atoms with Gasteiger partial charge >= 0.3 is 5.97 Å². The highest BCUT2D eigenvalue weighted by Crippen LogP contribution is 2.17. The average Bonchev–Trinajstić information content (AvgIpc) is 2.39. The Morgan fingerprint density at radius 2 is 1.89 bits per heavy atom. The van der Waals surface area contributed by atoms with Gasteiger partial charge in [0.1, 0.15) is 17.1 Å². The number of aromatic carboxylic acids is 1. The molecule has 0 radical (unpaired) electrons. The maximum atomic E-state index is 12.7. The topological polar surface area (TPSA) is 70.4 Å². The van der Waals surface area contributed by atoms with E-state index in [0.29, 0.717) is 18.5 Å². The molecule has 0 saturated heterocycles.